The molecular weight excluding hydrogens is 324 g/mol. The van der Waals surface area contributed by atoms with Crippen molar-refractivity contribution in [2.75, 3.05) is 5.32 Å². The van der Waals surface area contributed by atoms with Crippen molar-refractivity contribution < 1.29 is 4.79 Å². The van der Waals surface area contributed by atoms with Gasteiger partial charge in [-0.25, -0.2) is 0 Å². The molecule has 0 heterocycles. The van der Waals surface area contributed by atoms with Gasteiger partial charge < -0.3 is 5.32 Å². The molecule has 0 aliphatic rings. The SMILES string of the molecule is N#Cc1ccc(Br)cc1NC(=O)c1ccc(S)cc1. The van der Waals surface area contributed by atoms with Gasteiger partial charge in [0.1, 0.15) is 6.07 Å². The molecule has 0 aromatic heterocycles. The number of anilines is 1. The van der Waals surface area contributed by atoms with Crippen molar-refractivity contribution in [3.63, 3.8) is 0 Å². The average molecular weight is 333 g/mol. The van der Waals surface area contributed by atoms with Gasteiger partial charge >= 0.3 is 0 Å². The summed E-state index contributed by atoms with van der Waals surface area (Å²) >= 11 is 7.47. The molecule has 0 radical (unpaired) electrons. The van der Waals surface area contributed by atoms with Gasteiger partial charge in [-0.1, -0.05) is 15.9 Å². The Labute approximate surface area is 124 Å². The number of amides is 1. The maximum atomic E-state index is 12.0. The smallest absolute Gasteiger partial charge is 0.255 e. The summed E-state index contributed by atoms with van der Waals surface area (Å²) in [6.07, 6.45) is 0. The third kappa shape index (κ3) is 3.37. The Hall–Kier alpha value is -1.77. The molecule has 1 amide bonds. The summed E-state index contributed by atoms with van der Waals surface area (Å²) in [4.78, 5) is 12.8. The van der Waals surface area contributed by atoms with Gasteiger partial charge in [0.05, 0.1) is 11.3 Å². The molecule has 94 valence electrons. The van der Waals surface area contributed by atoms with Crippen LogP contribution in [0.3, 0.4) is 0 Å². The van der Waals surface area contributed by atoms with Crippen molar-refractivity contribution in [3.8, 4) is 6.07 Å². The summed E-state index contributed by atoms with van der Waals surface area (Å²) in [7, 11) is 0. The lowest BCUT2D eigenvalue weighted by Gasteiger charge is -2.07. The van der Waals surface area contributed by atoms with Crippen LogP contribution >= 0.6 is 28.6 Å². The molecule has 0 aliphatic carbocycles. The fourth-order valence-electron chi connectivity index (χ4n) is 1.52. The topological polar surface area (TPSA) is 52.9 Å². The summed E-state index contributed by atoms with van der Waals surface area (Å²) in [6.45, 7) is 0. The van der Waals surface area contributed by atoms with E-state index in [-0.39, 0.29) is 5.91 Å². The van der Waals surface area contributed by atoms with Crippen molar-refractivity contribution in [1.29, 1.82) is 5.26 Å². The van der Waals surface area contributed by atoms with Crippen LogP contribution in [-0.4, -0.2) is 5.91 Å². The predicted molar refractivity (Wildman–Crippen MR) is 80.5 cm³/mol. The monoisotopic (exact) mass is 332 g/mol. The molecule has 0 unspecified atom stereocenters. The maximum absolute atomic E-state index is 12.0. The zero-order chi connectivity index (χ0) is 13.8. The summed E-state index contributed by atoms with van der Waals surface area (Å²) in [6, 6.07) is 14.0. The van der Waals surface area contributed by atoms with Crippen molar-refractivity contribution in [2.24, 2.45) is 0 Å². The fraction of sp³-hybridized carbons (Fsp3) is 0. The van der Waals surface area contributed by atoms with Crippen molar-refractivity contribution in [3.05, 3.63) is 58.1 Å². The molecule has 5 heteroatoms. The van der Waals surface area contributed by atoms with Crippen LogP contribution in [0, 0.1) is 11.3 Å². The fourth-order valence-corrected chi connectivity index (χ4v) is 2.03. The van der Waals surface area contributed by atoms with E-state index in [1.807, 2.05) is 6.07 Å². The normalized spacial score (nSPS) is 9.74. The number of thiol groups is 1. The number of carbonyl (C=O) groups is 1. The van der Waals surface area contributed by atoms with Crippen LogP contribution < -0.4 is 5.32 Å². The van der Waals surface area contributed by atoms with E-state index in [1.54, 1.807) is 42.5 Å². The summed E-state index contributed by atoms with van der Waals surface area (Å²) in [5.74, 6) is -0.261. The van der Waals surface area contributed by atoms with Crippen LogP contribution in [0.25, 0.3) is 0 Å². The van der Waals surface area contributed by atoms with E-state index in [2.05, 4.69) is 33.9 Å². The van der Waals surface area contributed by atoms with Crippen LogP contribution in [0.1, 0.15) is 15.9 Å². The lowest BCUT2D eigenvalue weighted by atomic mass is 10.1. The summed E-state index contributed by atoms with van der Waals surface area (Å²) in [5, 5.41) is 11.7. The second-order valence-corrected chi connectivity index (χ2v) is 5.23. The van der Waals surface area contributed by atoms with Crippen molar-refractivity contribution in [1.82, 2.24) is 0 Å². The third-order valence-electron chi connectivity index (χ3n) is 2.48. The molecule has 19 heavy (non-hydrogen) atoms. The Balaban J connectivity index is 2.26. The summed E-state index contributed by atoms with van der Waals surface area (Å²) < 4.78 is 0.799. The van der Waals surface area contributed by atoms with E-state index in [9.17, 15) is 4.79 Å². The molecule has 2 aromatic rings. The number of rotatable bonds is 2. The van der Waals surface area contributed by atoms with Gasteiger partial charge in [-0.2, -0.15) is 5.26 Å². The van der Waals surface area contributed by atoms with E-state index < -0.39 is 0 Å². The minimum Gasteiger partial charge on any atom is -0.321 e. The highest BCUT2D eigenvalue weighted by atomic mass is 79.9. The Morgan fingerprint density at radius 1 is 1.21 bits per heavy atom. The summed E-state index contributed by atoms with van der Waals surface area (Å²) in [5.41, 5.74) is 1.42. The zero-order valence-corrected chi connectivity index (χ0v) is 12.2. The van der Waals surface area contributed by atoms with Crippen LogP contribution in [-0.2, 0) is 0 Å². The second-order valence-electron chi connectivity index (χ2n) is 3.80. The molecule has 0 spiro atoms. The lowest BCUT2D eigenvalue weighted by molar-refractivity contribution is 0.102. The molecule has 0 bridgehead atoms. The van der Waals surface area contributed by atoms with E-state index in [1.165, 1.54) is 0 Å². The molecule has 1 N–H and O–H groups in total. The van der Waals surface area contributed by atoms with Crippen molar-refractivity contribution >= 4 is 40.2 Å². The number of hydrogen-bond donors (Lipinski definition) is 2. The Morgan fingerprint density at radius 2 is 1.89 bits per heavy atom. The Morgan fingerprint density at radius 3 is 2.53 bits per heavy atom. The number of halogens is 1. The molecule has 0 saturated heterocycles. The minimum atomic E-state index is -0.261. The second kappa shape index (κ2) is 5.91. The van der Waals surface area contributed by atoms with Gasteiger partial charge in [0.25, 0.3) is 5.91 Å². The number of hydrogen-bond acceptors (Lipinski definition) is 3. The number of nitrogens with zero attached hydrogens (tertiary/aromatic N) is 1. The molecule has 0 aliphatic heterocycles. The maximum Gasteiger partial charge on any atom is 0.255 e. The third-order valence-corrected chi connectivity index (χ3v) is 3.27. The number of benzene rings is 2. The van der Waals surface area contributed by atoms with Gasteiger partial charge in [0, 0.05) is 14.9 Å². The first-order valence-corrected chi connectivity index (χ1v) is 6.64. The van der Waals surface area contributed by atoms with Gasteiger partial charge in [-0.3, -0.25) is 4.79 Å². The average Bonchev–Trinajstić information content (AvgIpc) is 2.39. The van der Waals surface area contributed by atoms with Crippen molar-refractivity contribution in [2.45, 2.75) is 4.90 Å². The first kappa shape index (κ1) is 13.7. The molecule has 0 fully saturated rings. The molecule has 3 nitrogen and oxygen atoms in total. The van der Waals surface area contributed by atoms with Crippen LogP contribution in [0.15, 0.2) is 51.8 Å². The van der Waals surface area contributed by atoms with Gasteiger partial charge in [-0.15, -0.1) is 12.6 Å². The predicted octanol–water partition coefficient (Wildman–Crippen LogP) is 3.86. The molecular formula is C14H9BrN2OS. The zero-order valence-electron chi connectivity index (χ0n) is 9.72. The Bertz CT molecular complexity index is 662. The minimum absolute atomic E-state index is 0.261. The molecule has 0 saturated carbocycles. The number of carbonyl (C=O) groups excluding carboxylic acids is 1. The molecule has 0 atom stereocenters. The highest BCUT2D eigenvalue weighted by Crippen LogP contribution is 2.21. The highest BCUT2D eigenvalue weighted by Gasteiger charge is 2.09. The van der Waals surface area contributed by atoms with E-state index in [0.29, 0.717) is 16.8 Å². The van der Waals surface area contributed by atoms with Gasteiger partial charge in [0.15, 0.2) is 0 Å². The van der Waals surface area contributed by atoms with Crippen LogP contribution in [0.4, 0.5) is 5.69 Å². The van der Waals surface area contributed by atoms with Gasteiger partial charge in [-0.05, 0) is 42.5 Å². The van der Waals surface area contributed by atoms with Gasteiger partial charge in [0.2, 0.25) is 0 Å². The lowest BCUT2D eigenvalue weighted by Crippen LogP contribution is -2.12. The first-order valence-electron chi connectivity index (χ1n) is 5.40. The number of nitrogens with one attached hydrogen (secondary N) is 1. The van der Waals surface area contributed by atoms with E-state index in [0.717, 1.165) is 9.37 Å². The first-order chi connectivity index (χ1) is 9.10. The largest absolute Gasteiger partial charge is 0.321 e. The van der Waals surface area contributed by atoms with E-state index in [4.69, 9.17) is 5.26 Å². The standard InChI is InChI=1S/C14H9BrN2OS/c15-11-4-1-10(8-16)13(7-11)17-14(18)9-2-5-12(19)6-3-9/h1-7,19H,(H,17,18). The van der Waals surface area contributed by atoms with Crippen LogP contribution in [0.2, 0.25) is 0 Å². The quantitative estimate of drug-likeness (QED) is 0.820. The molecule has 2 aromatic carbocycles. The van der Waals surface area contributed by atoms with Crippen LogP contribution in [0.5, 0.6) is 0 Å². The highest BCUT2D eigenvalue weighted by molar-refractivity contribution is 9.10. The molecule has 2 rings (SSSR count). The Kier molecular flexibility index (Phi) is 4.25. The number of nitriles is 1. The van der Waals surface area contributed by atoms with E-state index >= 15 is 0 Å².